The second-order valence-corrected chi connectivity index (χ2v) is 3.16. The molecule has 0 aliphatic rings. The van der Waals surface area contributed by atoms with Gasteiger partial charge in [-0.1, -0.05) is 11.6 Å². The number of hydrogen-bond donors (Lipinski definition) is 2. The molecule has 0 aromatic carbocycles. The van der Waals surface area contributed by atoms with Gasteiger partial charge in [-0.25, -0.2) is 9.37 Å². The summed E-state index contributed by atoms with van der Waals surface area (Å²) in [5.74, 6) is -0.518. The Labute approximate surface area is 80.3 Å². The van der Waals surface area contributed by atoms with Crippen LogP contribution in [0.25, 0.3) is 0 Å². The summed E-state index contributed by atoms with van der Waals surface area (Å²) in [7, 11) is 0. The van der Waals surface area contributed by atoms with Crippen LogP contribution in [0.2, 0.25) is 5.15 Å². The molecule has 1 heterocycles. The Morgan fingerprint density at radius 1 is 1.69 bits per heavy atom. The Morgan fingerprint density at radius 3 is 2.85 bits per heavy atom. The van der Waals surface area contributed by atoms with Crippen molar-refractivity contribution >= 4 is 11.6 Å². The molecule has 1 aromatic heterocycles. The Balaban J connectivity index is 3.05. The minimum absolute atomic E-state index is 0.120. The zero-order valence-corrected chi connectivity index (χ0v) is 7.79. The zero-order chi connectivity index (χ0) is 10.0. The highest BCUT2D eigenvalue weighted by atomic mass is 35.5. The van der Waals surface area contributed by atoms with Crippen molar-refractivity contribution in [2.24, 2.45) is 5.73 Å². The molecule has 5 heteroatoms. The largest absolute Gasteiger partial charge is 0.391 e. The van der Waals surface area contributed by atoms with Crippen molar-refractivity contribution in [2.45, 2.75) is 19.1 Å². The molecule has 0 fully saturated rings. The monoisotopic (exact) mass is 204 g/mol. The molecule has 2 atom stereocenters. The molecule has 13 heavy (non-hydrogen) atoms. The summed E-state index contributed by atoms with van der Waals surface area (Å²) in [6, 6.07) is 0.461. The Bertz CT molecular complexity index is 306. The van der Waals surface area contributed by atoms with Gasteiger partial charge in [-0.15, -0.1) is 0 Å². The van der Waals surface area contributed by atoms with E-state index >= 15 is 0 Å². The summed E-state index contributed by atoms with van der Waals surface area (Å²) in [6.07, 6.45) is 0.210. The van der Waals surface area contributed by atoms with Crippen molar-refractivity contribution in [3.63, 3.8) is 0 Å². The number of hydrogen-bond acceptors (Lipinski definition) is 3. The lowest BCUT2D eigenvalue weighted by molar-refractivity contribution is 0.164. The normalized spacial score (nSPS) is 15.5. The van der Waals surface area contributed by atoms with Gasteiger partial charge in [-0.05, 0) is 13.0 Å². The molecule has 0 unspecified atom stereocenters. The highest BCUT2D eigenvalue weighted by molar-refractivity contribution is 6.30. The molecule has 0 radical (unpaired) electrons. The first-order chi connectivity index (χ1) is 6.02. The van der Waals surface area contributed by atoms with Crippen molar-refractivity contribution in [2.75, 3.05) is 0 Å². The molecule has 0 aliphatic heterocycles. The van der Waals surface area contributed by atoms with Crippen molar-refractivity contribution in [3.05, 3.63) is 28.8 Å². The topological polar surface area (TPSA) is 59.1 Å². The highest BCUT2D eigenvalue weighted by Gasteiger charge is 2.16. The first-order valence-corrected chi connectivity index (χ1v) is 4.14. The lowest BCUT2D eigenvalue weighted by Gasteiger charge is -2.15. The molecule has 3 N–H and O–H groups in total. The van der Waals surface area contributed by atoms with Gasteiger partial charge in [0.15, 0.2) is 0 Å². The van der Waals surface area contributed by atoms with E-state index in [1.165, 1.54) is 13.0 Å². The predicted molar refractivity (Wildman–Crippen MR) is 47.8 cm³/mol. The van der Waals surface area contributed by atoms with Gasteiger partial charge in [0, 0.05) is 5.56 Å². The summed E-state index contributed by atoms with van der Waals surface area (Å²) in [5.41, 5.74) is 5.88. The van der Waals surface area contributed by atoms with Crippen LogP contribution in [0, 0.1) is 5.82 Å². The Morgan fingerprint density at radius 2 is 2.31 bits per heavy atom. The first kappa shape index (κ1) is 10.4. The van der Waals surface area contributed by atoms with E-state index in [4.69, 9.17) is 22.4 Å². The summed E-state index contributed by atoms with van der Waals surface area (Å²) in [6.45, 7) is 1.51. The molecule has 0 bridgehead atoms. The molecular formula is C8H10ClFN2O. The molecule has 0 aliphatic carbocycles. The maximum atomic E-state index is 12.7. The van der Waals surface area contributed by atoms with E-state index in [2.05, 4.69) is 4.98 Å². The van der Waals surface area contributed by atoms with E-state index < -0.39 is 18.0 Å². The molecule has 0 spiro atoms. The second-order valence-electron chi connectivity index (χ2n) is 2.80. The molecular weight excluding hydrogens is 195 g/mol. The second kappa shape index (κ2) is 4.00. The van der Waals surface area contributed by atoms with Gasteiger partial charge in [0.2, 0.25) is 0 Å². The standard InChI is InChI=1S/C8H10ClFN2O/c1-4(13)7(11)6-2-5(10)3-12-8(6)9/h2-4,7,13H,11H2,1H3/t4-,7-/m1/s1. The fraction of sp³-hybridized carbons (Fsp3) is 0.375. The van der Waals surface area contributed by atoms with Gasteiger partial charge in [-0.3, -0.25) is 0 Å². The van der Waals surface area contributed by atoms with Crippen LogP contribution in [-0.4, -0.2) is 16.2 Å². The SMILES string of the molecule is C[C@@H](O)[C@@H](N)c1cc(F)cnc1Cl. The lowest BCUT2D eigenvalue weighted by Crippen LogP contribution is -2.23. The van der Waals surface area contributed by atoms with E-state index in [1.54, 1.807) is 0 Å². The Hall–Kier alpha value is -0.710. The average Bonchev–Trinajstić information content (AvgIpc) is 2.08. The summed E-state index contributed by atoms with van der Waals surface area (Å²) >= 11 is 5.67. The summed E-state index contributed by atoms with van der Waals surface area (Å²) < 4.78 is 12.7. The van der Waals surface area contributed by atoms with Gasteiger partial charge in [0.1, 0.15) is 11.0 Å². The summed E-state index contributed by atoms with van der Waals surface area (Å²) in [5, 5.41) is 9.28. The van der Waals surface area contributed by atoms with Gasteiger partial charge in [0.25, 0.3) is 0 Å². The number of rotatable bonds is 2. The number of nitrogens with zero attached hydrogens (tertiary/aromatic N) is 1. The van der Waals surface area contributed by atoms with Crippen molar-refractivity contribution in [1.29, 1.82) is 0 Å². The van der Waals surface area contributed by atoms with Gasteiger partial charge < -0.3 is 10.8 Å². The number of aliphatic hydroxyl groups excluding tert-OH is 1. The molecule has 72 valence electrons. The fourth-order valence-electron chi connectivity index (χ4n) is 0.932. The zero-order valence-electron chi connectivity index (χ0n) is 7.04. The molecule has 0 saturated heterocycles. The maximum absolute atomic E-state index is 12.7. The van der Waals surface area contributed by atoms with E-state index in [-0.39, 0.29) is 5.15 Å². The summed E-state index contributed by atoms with van der Waals surface area (Å²) in [4.78, 5) is 3.58. The quantitative estimate of drug-likeness (QED) is 0.713. The number of aliphatic hydroxyl groups is 1. The third-order valence-electron chi connectivity index (χ3n) is 1.71. The molecule has 0 saturated carbocycles. The van der Waals surface area contributed by atoms with Gasteiger partial charge in [-0.2, -0.15) is 0 Å². The molecule has 1 aromatic rings. The average molecular weight is 205 g/mol. The van der Waals surface area contributed by atoms with Crippen LogP contribution in [0.1, 0.15) is 18.5 Å². The fourth-order valence-corrected chi connectivity index (χ4v) is 1.16. The molecule has 0 amide bonds. The lowest BCUT2D eigenvalue weighted by atomic mass is 10.1. The third-order valence-corrected chi connectivity index (χ3v) is 2.03. The minimum Gasteiger partial charge on any atom is -0.391 e. The van der Waals surface area contributed by atoms with Gasteiger partial charge >= 0.3 is 0 Å². The van der Waals surface area contributed by atoms with Gasteiger partial charge in [0.05, 0.1) is 18.3 Å². The van der Waals surface area contributed by atoms with Crippen molar-refractivity contribution in [3.8, 4) is 0 Å². The van der Waals surface area contributed by atoms with Crippen LogP contribution >= 0.6 is 11.6 Å². The van der Waals surface area contributed by atoms with Crippen molar-refractivity contribution < 1.29 is 9.50 Å². The number of pyridine rings is 1. The maximum Gasteiger partial charge on any atom is 0.141 e. The van der Waals surface area contributed by atoms with E-state index in [9.17, 15) is 4.39 Å². The van der Waals surface area contributed by atoms with Crippen LogP contribution in [0.3, 0.4) is 0 Å². The minimum atomic E-state index is -0.791. The van der Waals surface area contributed by atoms with E-state index in [1.807, 2.05) is 0 Å². The van der Waals surface area contributed by atoms with Crippen molar-refractivity contribution in [1.82, 2.24) is 4.98 Å². The highest BCUT2D eigenvalue weighted by Crippen LogP contribution is 2.22. The first-order valence-electron chi connectivity index (χ1n) is 3.77. The Kier molecular flexibility index (Phi) is 3.19. The van der Waals surface area contributed by atoms with E-state index in [0.717, 1.165) is 6.20 Å². The molecule has 3 nitrogen and oxygen atoms in total. The van der Waals surface area contributed by atoms with Crippen LogP contribution in [0.4, 0.5) is 4.39 Å². The van der Waals surface area contributed by atoms with Crippen LogP contribution in [0.15, 0.2) is 12.3 Å². The van der Waals surface area contributed by atoms with Crippen LogP contribution in [-0.2, 0) is 0 Å². The number of nitrogens with two attached hydrogens (primary N) is 1. The third kappa shape index (κ3) is 2.37. The predicted octanol–water partition coefficient (Wildman–Crippen LogP) is 1.25. The van der Waals surface area contributed by atoms with Crippen LogP contribution in [0.5, 0.6) is 0 Å². The van der Waals surface area contributed by atoms with Crippen LogP contribution < -0.4 is 5.73 Å². The number of halogens is 2. The smallest absolute Gasteiger partial charge is 0.141 e. The van der Waals surface area contributed by atoms with E-state index in [0.29, 0.717) is 5.56 Å². The molecule has 1 rings (SSSR count). The number of aromatic nitrogens is 1.